The van der Waals surface area contributed by atoms with E-state index < -0.39 is 0 Å². The maximum atomic E-state index is 12.1. The van der Waals surface area contributed by atoms with Crippen molar-refractivity contribution in [3.8, 4) is 23.5 Å². The standard InChI is InChI=1S/C28H30N2O2.C6H10/c1-28-13-24(18-4-2-17(3-5-18)20-14-29-16-30-15-20)27-22-9-7-21(31)12-19(22)6-8-23(27)25(28)10-11-26(28)32;1-5-6(2,3)4/h2-5,12,14-16,23-26,32H,6-11,13H2,1H3;1H,2-4H3. The first-order valence-electron chi connectivity index (χ1n) is 14.1. The summed E-state index contributed by atoms with van der Waals surface area (Å²) < 4.78 is 0. The molecule has 0 saturated heterocycles. The molecular formula is C34H40N2O2. The van der Waals surface area contributed by atoms with E-state index in [0.717, 1.165) is 49.7 Å². The molecule has 0 bridgehead atoms. The summed E-state index contributed by atoms with van der Waals surface area (Å²) in [5.74, 6) is 4.27. The van der Waals surface area contributed by atoms with E-state index in [0.29, 0.717) is 24.2 Å². The first-order chi connectivity index (χ1) is 18.1. The van der Waals surface area contributed by atoms with Gasteiger partial charge in [-0.2, -0.15) is 0 Å². The van der Waals surface area contributed by atoms with Crippen LogP contribution >= 0.6 is 0 Å². The number of aliphatic hydroxyl groups is 1. The molecule has 0 radical (unpaired) electrons. The average Bonchev–Trinajstić information content (AvgIpc) is 3.22. The number of ketones is 1. The van der Waals surface area contributed by atoms with E-state index in [1.165, 1.54) is 16.7 Å². The van der Waals surface area contributed by atoms with Gasteiger partial charge in [0.1, 0.15) is 6.33 Å². The molecule has 1 heterocycles. The first kappa shape index (κ1) is 26.6. The second kappa shape index (κ2) is 10.3. The number of carbonyl (C=O) groups is 1. The Bertz CT molecular complexity index is 1290. The molecule has 0 aliphatic heterocycles. The highest BCUT2D eigenvalue weighted by Gasteiger charge is 2.56. The molecule has 4 heteroatoms. The third-order valence-electron chi connectivity index (χ3n) is 9.32. The topological polar surface area (TPSA) is 63.1 Å². The molecule has 198 valence electrons. The average molecular weight is 509 g/mol. The molecule has 2 aromatic rings. The molecule has 38 heavy (non-hydrogen) atoms. The molecule has 2 saturated carbocycles. The number of aliphatic hydroxyl groups excluding tert-OH is 1. The Morgan fingerprint density at radius 1 is 1.00 bits per heavy atom. The van der Waals surface area contributed by atoms with Gasteiger partial charge in [0.05, 0.1) is 6.10 Å². The lowest BCUT2D eigenvalue weighted by atomic mass is 9.53. The van der Waals surface area contributed by atoms with Crippen molar-refractivity contribution in [3.63, 3.8) is 0 Å². The maximum absolute atomic E-state index is 12.1. The predicted octanol–water partition coefficient (Wildman–Crippen LogP) is 7.07. The Morgan fingerprint density at radius 2 is 1.68 bits per heavy atom. The van der Waals surface area contributed by atoms with E-state index in [1.54, 1.807) is 11.9 Å². The molecule has 5 atom stereocenters. The smallest absolute Gasteiger partial charge is 0.156 e. The molecule has 0 spiro atoms. The van der Waals surface area contributed by atoms with Crippen molar-refractivity contribution in [2.45, 2.75) is 84.7 Å². The molecule has 4 aliphatic carbocycles. The fraction of sp³-hybridized carbons (Fsp3) is 0.500. The van der Waals surface area contributed by atoms with Gasteiger partial charge >= 0.3 is 0 Å². The maximum Gasteiger partial charge on any atom is 0.156 e. The Labute approximate surface area is 227 Å². The molecule has 1 N–H and O–H groups in total. The zero-order valence-corrected chi connectivity index (χ0v) is 23.2. The van der Waals surface area contributed by atoms with Crippen LogP contribution in [0.25, 0.3) is 11.1 Å². The quantitative estimate of drug-likeness (QED) is 0.441. The minimum Gasteiger partial charge on any atom is -0.393 e. The lowest BCUT2D eigenvalue weighted by molar-refractivity contribution is -0.114. The predicted molar refractivity (Wildman–Crippen MR) is 152 cm³/mol. The van der Waals surface area contributed by atoms with Crippen molar-refractivity contribution < 1.29 is 9.90 Å². The normalized spacial score (nSPS) is 30.2. The van der Waals surface area contributed by atoms with Crippen molar-refractivity contribution in [1.29, 1.82) is 0 Å². The van der Waals surface area contributed by atoms with Crippen molar-refractivity contribution in [3.05, 3.63) is 71.3 Å². The van der Waals surface area contributed by atoms with Gasteiger partial charge in [-0.05, 0) is 105 Å². The largest absolute Gasteiger partial charge is 0.393 e. The van der Waals surface area contributed by atoms with Crippen LogP contribution in [0.2, 0.25) is 0 Å². The molecule has 4 aliphatic rings. The van der Waals surface area contributed by atoms with E-state index in [-0.39, 0.29) is 22.7 Å². The van der Waals surface area contributed by atoms with Gasteiger partial charge in [-0.25, -0.2) is 9.97 Å². The fourth-order valence-corrected chi connectivity index (χ4v) is 7.29. The zero-order valence-electron chi connectivity index (χ0n) is 23.2. The minimum absolute atomic E-state index is 0.0307. The number of allylic oxidation sites excluding steroid dienone is 4. The number of carbonyl (C=O) groups excluding carboxylic acids is 1. The Hall–Kier alpha value is -3.03. The molecule has 5 unspecified atom stereocenters. The highest BCUT2D eigenvalue weighted by molar-refractivity contribution is 5.93. The lowest BCUT2D eigenvalue weighted by Crippen LogP contribution is -2.45. The molecular weight excluding hydrogens is 468 g/mol. The number of terminal acetylenes is 1. The van der Waals surface area contributed by atoms with Crippen molar-refractivity contribution in [2.24, 2.45) is 22.7 Å². The minimum atomic E-state index is -0.216. The first-order valence-corrected chi connectivity index (χ1v) is 14.1. The third kappa shape index (κ3) is 5.02. The van der Waals surface area contributed by atoms with E-state index >= 15 is 0 Å². The van der Waals surface area contributed by atoms with Crippen molar-refractivity contribution >= 4 is 5.78 Å². The van der Waals surface area contributed by atoms with E-state index in [4.69, 9.17) is 6.42 Å². The third-order valence-corrected chi connectivity index (χ3v) is 9.32. The van der Waals surface area contributed by atoms with Crippen LogP contribution < -0.4 is 0 Å². The van der Waals surface area contributed by atoms with Crippen LogP contribution in [0, 0.1) is 35.0 Å². The summed E-state index contributed by atoms with van der Waals surface area (Å²) in [6.07, 6.45) is 18.7. The molecule has 4 nitrogen and oxygen atoms in total. The summed E-state index contributed by atoms with van der Waals surface area (Å²) in [5.41, 5.74) is 7.85. The van der Waals surface area contributed by atoms with Gasteiger partial charge in [-0.3, -0.25) is 4.79 Å². The molecule has 1 aromatic heterocycles. The molecule has 0 amide bonds. The number of aromatic nitrogens is 2. The number of nitrogens with zero attached hydrogens (tertiary/aromatic N) is 2. The van der Waals surface area contributed by atoms with Crippen LogP contribution in [-0.4, -0.2) is 27.0 Å². The number of hydrogen-bond donors (Lipinski definition) is 1. The molecule has 2 fully saturated rings. The number of rotatable bonds is 2. The summed E-state index contributed by atoms with van der Waals surface area (Å²) >= 11 is 0. The molecule has 1 aromatic carbocycles. The van der Waals surface area contributed by atoms with Gasteiger partial charge in [0.2, 0.25) is 0 Å². The van der Waals surface area contributed by atoms with E-state index in [2.05, 4.69) is 47.1 Å². The fourth-order valence-electron chi connectivity index (χ4n) is 7.29. The van der Waals surface area contributed by atoms with E-state index in [1.807, 2.05) is 39.2 Å². The van der Waals surface area contributed by atoms with Crippen LogP contribution in [0.4, 0.5) is 0 Å². The second-order valence-electron chi connectivity index (χ2n) is 12.8. The Kier molecular flexibility index (Phi) is 7.18. The second-order valence-corrected chi connectivity index (χ2v) is 12.8. The Morgan fingerprint density at radius 3 is 2.34 bits per heavy atom. The van der Waals surface area contributed by atoms with Crippen LogP contribution in [0.3, 0.4) is 0 Å². The van der Waals surface area contributed by atoms with Gasteiger partial charge in [-0.1, -0.05) is 36.8 Å². The van der Waals surface area contributed by atoms with E-state index in [9.17, 15) is 9.90 Å². The van der Waals surface area contributed by atoms with Gasteiger partial charge in [-0.15, -0.1) is 12.3 Å². The summed E-state index contributed by atoms with van der Waals surface area (Å²) in [6.45, 7) is 8.35. The number of hydrogen-bond acceptors (Lipinski definition) is 4. The summed E-state index contributed by atoms with van der Waals surface area (Å²) in [5, 5.41) is 11.0. The number of fused-ring (bicyclic) bond motifs is 4. The highest BCUT2D eigenvalue weighted by atomic mass is 16.3. The summed E-state index contributed by atoms with van der Waals surface area (Å²) in [4.78, 5) is 20.4. The van der Waals surface area contributed by atoms with Crippen molar-refractivity contribution in [1.82, 2.24) is 9.97 Å². The number of benzene rings is 1. The van der Waals surface area contributed by atoms with Crippen LogP contribution in [0.5, 0.6) is 0 Å². The van der Waals surface area contributed by atoms with Crippen LogP contribution in [0.15, 0.2) is 65.8 Å². The zero-order chi connectivity index (χ0) is 27.1. The van der Waals surface area contributed by atoms with Crippen LogP contribution in [-0.2, 0) is 4.79 Å². The van der Waals surface area contributed by atoms with Crippen LogP contribution in [0.1, 0.15) is 84.1 Å². The molecule has 6 rings (SSSR count). The lowest BCUT2D eigenvalue weighted by Gasteiger charge is -2.52. The SMILES string of the molecule is C#CC(C)(C)C.CC12CC(c3ccc(-c4cncnc4)cc3)C3=C4CCC(=O)C=C4CCC3C1CCC2O. The van der Waals surface area contributed by atoms with Gasteiger partial charge in [0.25, 0.3) is 0 Å². The summed E-state index contributed by atoms with van der Waals surface area (Å²) in [6, 6.07) is 8.87. The highest BCUT2D eigenvalue weighted by Crippen LogP contribution is 2.63. The van der Waals surface area contributed by atoms with Crippen molar-refractivity contribution in [2.75, 3.05) is 0 Å². The Balaban J connectivity index is 0.000000443. The van der Waals surface area contributed by atoms with Gasteiger partial charge in [0.15, 0.2) is 5.78 Å². The summed E-state index contributed by atoms with van der Waals surface area (Å²) in [7, 11) is 0. The van der Waals surface area contributed by atoms with Gasteiger partial charge in [0, 0.05) is 35.7 Å². The van der Waals surface area contributed by atoms with Gasteiger partial charge < -0.3 is 5.11 Å². The monoisotopic (exact) mass is 508 g/mol.